The van der Waals surface area contributed by atoms with Crippen LogP contribution in [-0.4, -0.2) is 16.3 Å². The molecular formula is C12H9FN2O2. The molecule has 0 bridgehead atoms. The Labute approximate surface area is 97.1 Å². The minimum atomic E-state index is -0.578. The van der Waals surface area contributed by atoms with Gasteiger partial charge in [0.05, 0.1) is 5.56 Å². The zero-order valence-electron chi connectivity index (χ0n) is 8.84. The Balaban J connectivity index is 2.16. The lowest BCUT2D eigenvalue weighted by molar-refractivity contribution is 0.111. The van der Waals surface area contributed by atoms with Crippen LogP contribution in [0.3, 0.4) is 0 Å². The normalized spacial score (nSPS) is 9.94. The number of rotatable bonds is 4. The molecule has 86 valence electrons. The first-order valence-electron chi connectivity index (χ1n) is 4.93. The molecule has 0 aliphatic rings. The molecule has 0 fully saturated rings. The van der Waals surface area contributed by atoms with Crippen molar-refractivity contribution < 1.29 is 13.9 Å². The Morgan fingerprint density at radius 1 is 1.24 bits per heavy atom. The van der Waals surface area contributed by atoms with Gasteiger partial charge in [0.1, 0.15) is 6.61 Å². The molecule has 0 radical (unpaired) electrons. The fourth-order valence-corrected chi connectivity index (χ4v) is 1.31. The Bertz CT molecular complexity index is 517. The van der Waals surface area contributed by atoms with E-state index in [9.17, 15) is 9.18 Å². The second-order valence-electron chi connectivity index (χ2n) is 3.23. The van der Waals surface area contributed by atoms with Gasteiger partial charge in [-0.25, -0.2) is 14.4 Å². The lowest BCUT2D eigenvalue weighted by atomic mass is 10.2. The predicted octanol–water partition coefficient (Wildman–Crippen LogP) is 2.01. The van der Waals surface area contributed by atoms with Crippen LogP contribution in [-0.2, 0) is 6.61 Å². The van der Waals surface area contributed by atoms with Gasteiger partial charge in [0.15, 0.2) is 23.7 Å². The van der Waals surface area contributed by atoms with Crippen molar-refractivity contribution in [3.8, 4) is 5.75 Å². The maximum atomic E-state index is 13.4. The predicted molar refractivity (Wildman–Crippen MR) is 58.2 cm³/mol. The second-order valence-corrected chi connectivity index (χ2v) is 3.23. The zero-order valence-corrected chi connectivity index (χ0v) is 8.84. The van der Waals surface area contributed by atoms with Gasteiger partial charge in [0, 0.05) is 12.4 Å². The van der Waals surface area contributed by atoms with Crippen LogP contribution in [0, 0.1) is 5.82 Å². The van der Waals surface area contributed by atoms with Crippen LogP contribution < -0.4 is 4.74 Å². The fraction of sp³-hybridized carbons (Fsp3) is 0.0833. The highest BCUT2D eigenvalue weighted by molar-refractivity contribution is 5.79. The largest absolute Gasteiger partial charge is 0.482 e. The summed E-state index contributed by atoms with van der Waals surface area (Å²) in [6.45, 7) is 0.0165. The van der Waals surface area contributed by atoms with E-state index in [1.807, 2.05) is 0 Å². The van der Waals surface area contributed by atoms with Crippen LogP contribution in [0.25, 0.3) is 0 Å². The second kappa shape index (κ2) is 5.16. The summed E-state index contributed by atoms with van der Waals surface area (Å²) in [5.74, 6) is -0.229. The van der Waals surface area contributed by atoms with E-state index in [0.717, 1.165) is 0 Å². The summed E-state index contributed by atoms with van der Waals surface area (Å²) in [4.78, 5) is 18.6. The van der Waals surface area contributed by atoms with Crippen LogP contribution in [0.4, 0.5) is 4.39 Å². The van der Waals surface area contributed by atoms with Gasteiger partial charge >= 0.3 is 0 Å². The fourth-order valence-electron chi connectivity index (χ4n) is 1.31. The maximum absolute atomic E-state index is 13.4. The molecule has 1 aromatic heterocycles. The number of carbonyl (C=O) groups is 1. The number of ether oxygens (including phenoxy) is 1. The molecule has 1 aromatic carbocycles. The lowest BCUT2D eigenvalue weighted by Gasteiger charge is -2.07. The van der Waals surface area contributed by atoms with Crippen LogP contribution in [0.2, 0.25) is 0 Å². The van der Waals surface area contributed by atoms with Crippen molar-refractivity contribution in [3.05, 3.63) is 53.9 Å². The minimum Gasteiger partial charge on any atom is -0.482 e. The number of carbonyl (C=O) groups excluding carboxylic acids is 1. The molecule has 0 aliphatic heterocycles. The van der Waals surface area contributed by atoms with E-state index in [-0.39, 0.29) is 17.9 Å². The first-order valence-corrected chi connectivity index (χ1v) is 4.93. The molecule has 4 nitrogen and oxygen atoms in total. The summed E-state index contributed by atoms with van der Waals surface area (Å²) in [5, 5.41) is 0. The quantitative estimate of drug-likeness (QED) is 0.756. The van der Waals surface area contributed by atoms with Gasteiger partial charge in [-0.2, -0.15) is 0 Å². The van der Waals surface area contributed by atoms with Crippen LogP contribution in [0.5, 0.6) is 5.75 Å². The zero-order chi connectivity index (χ0) is 12.1. The monoisotopic (exact) mass is 232 g/mol. The maximum Gasteiger partial charge on any atom is 0.166 e. The van der Waals surface area contributed by atoms with E-state index >= 15 is 0 Å². The Kier molecular flexibility index (Phi) is 3.40. The smallest absolute Gasteiger partial charge is 0.166 e. The third-order valence-electron chi connectivity index (χ3n) is 2.09. The summed E-state index contributed by atoms with van der Waals surface area (Å²) in [6.07, 6.45) is 3.67. The molecule has 0 atom stereocenters. The van der Waals surface area contributed by atoms with Crippen molar-refractivity contribution in [3.63, 3.8) is 0 Å². The summed E-state index contributed by atoms with van der Waals surface area (Å²) in [5.41, 5.74) is 0.168. The lowest BCUT2D eigenvalue weighted by Crippen LogP contribution is -2.03. The Morgan fingerprint density at radius 2 is 2.00 bits per heavy atom. The molecule has 17 heavy (non-hydrogen) atoms. The number of hydrogen-bond acceptors (Lipinski definition) is 4. The molecule has 0 saturated heterocycles. The number of aromatic nitrogens is 2. The number of aldehydes is 1. The molecule has 1 heterocycles. The van der Waals surface area contributed by atoms with Crippen LogP contribution >= 0.6 is 0 Å². The number of hydrogen-bond donors (Lipinski definition) is 0. The number of benzene rings is 1. The van der Waals surface area contributed by atoms with Gasteiger partial charge in [-0.3, -0.25) is 4.79 Å². The van der Waals surface area contributed by atoms with Gasteiger partial charge in [0.2, 0.25) is 0 Å². The molecule has 2 rings (SSSR count). The minimum absolute atomic E-state index is 0.0165. The summed E-state index contributed by atoms with van der Waals surface area (Å²) in [7, 11) is 0. The van der Waals surface area contributed by atoms with Gasteiger partial charge < -0.3 is 4.74 Å². The standard InChI is InChI=1S/C12H9FN2O2/c13-10-4-1-3-9(7-16)12(10)17-8-11-14-5-2-6-15-11/h1-7H,8H2. The summed E-state index contributed by atoms with van der Waals surface area (Å²) >= 11 is 0. The molecule has 0 unspecified atom stereocenters. The molecular weight excluding hydrogens is 223 g/mol. The average molecular weight is 232 g/mol. The Hall–Kier alpha value is -2.30. The molecule has 2 aromatic rings. The van der Waals surface area contributed by atoms with E-state index < -0.39 is 5.82 Å². The highest BCUT2D eigenvalue weighted by Gasteiger charge is 2.09. The van der Waals surface area contributed by atoms with Gasteiger partial charge in [0.25, 0.3) is 0 Å². The average Bonchev–Trinajstić information content (AvgIpc) is 2.38. The summed E-state index contributed by atoms with van der Waals surface area (Å²) in [6, 6.07) is 5.83. The van der Waals surface area contributed by atoms with Crippen molar-refractivity contribution >= 4 is 6.29 Å². The number of halogens is 1. The number of nitrogens with zero attached hydrogens (tertiary/aromatic N) is 2. The van der Waals surface area contributed by atoms with E-state index in [1.165, 1.54) is 18.2 Å². The van der Waals surface area contributed by atoms with Gasteiger partial charge in [-0.05, 0) is 18.2 Å². The van der Waals surface area contributed by atoms with Crippen molar-refractivity contribution in [2.75, 3.05) is 0 Å². The third-order valence-corrected chi connectivity index (χ3v) is 2.09. The molecule has 0 saturated carbocycles. The highest BCUT2D eigenvalue weighted by atomic mass is 19.1. The highest BCUT2D eigenvalue weighted by Crippen LogP contribution is 2.21. The summed E-state index contributed by atoms with van der Waals surface area (Å²) < 4.78 is 18.6. The van der Waals surface area contributed by atoms with E-state index in [0.29, 0.717) is 12.1 Å². The molecule has 5 heteroatoms. The van der Waals surface area contributed by atoms with Crippen molar-refractivity contribution in [1.29, 1.82) is 0 Å². The topological polar surface area (TPSA) is 52.1 Å². The van der Waals surface area contributed by atoms with E-state index in [1.54, 1.807) is 18.5 Å². The van der Waals surface area contributed by atoms with Crippen LogP contribution in [0.1, 0.15) is 16.2 Å². The van der Waals surface area contributed by atoms with E-state index in [2.05, 4.69) is 9.97 Å². The van der Waals surface area contributed by atoms with E-state index in [4.69, 9.17) is 4.74 Å². The SMILES string of the molecule is O=Cc1cccc(F)c1OCc1ncccn1. The van der Waals surface area contributed by atoms with Crippen LogP contribution in [0.15, 0.2) is 36.7 Å². The van der Waals surface area contributed by atoms with Crippen molar-refractivity contribution in [2.45, 2.75) is 6.61 Å². The molecule has 0 amide bonds. The first-order chi connectivity index (χ1) is 8.31. The third kappa shape index (κ3) is 2.63. The first kappa shape index (κ1) is 11.2. The van der Waals surface area contributed by atoms with Crippen molar-refractivity contribution in [1.82, 2.24) is 9.97 Å². The van der Waals surface area contributed by atoms with Gasteiger partial charge in [-0.15, -0.1) is 0 Å². The Morgan fingerprint density at radius 3 is 2.71 bits per heavy atom. The number of para-hydroxylation sites is 1. The van der Waals surface area contributed by atoms with Crippen molar-refractivity contribution in [2.24, 2.45) is 0 Å². The molecule has 0 aliphatic carbocycles. The van der Waals surface area contributed by atoms with Gasteiger partial charge in [-0.1, -0.05) is 6.07 Å². The molecule has 0 spiro atoms. The molecule has 0 N–H and O–H groups in total.